The van der Waals surface area contributed by atoms with Crippen LogP contribution in [0.4, 0.5) is 0 Å². The van der Waals surface area contributed by atoms with E-state index >= 15 is 0 Å². The van der Waals surface area contributed by atoms with Gasteiger partial charge in [-0.15, -0.1) is 0 Å². The van der Waals surface area contributed by atoms with Gasteiger partial charge in [0.2, 0.25) is 0 Å². The lowest BCUT2D eigenvalue weighted by Crippen LogP contribution is -2.59. The summed E-state index contributed by atoms with van der Waals surface area (Å²) in [5.41, 5.74) is 3.12. The van der Waals surface area contributed by atoms with Crippen LogP contribution in [0.5, 0.6) is 0 Å². The summed E-state index contributed by atoms with van der Waals surface area (Å²) in [4.78, 5) is 11.4. The van der Waals surface area contributed by atoms with E-state index in [0.717, 1.165) is 19.3 Å². The molecule has 35 heavy (non-hydrogen) atoms. The van der Waals surface area contributed by atoms with Gasteiger partial charge in [0.15, 0.2) is 18.7 Å². The van der Waals surface area contributed by atoms with Gasteiger partial charge in [-0.3, -0.25) is 4.79 Å². The molecule has 0 amide bonds. The van der Waals surface area contributed by atoms with E-state index in [4.69, 9.17) is 18.9 Å². The topological polar surface area (TPSA) is 94.5 Å². The number of aliphatic hydroxyl groups is 2. The Morgan fingerprint density at radius 1 is 1.14 bits per heavy atom. The molecule has 2 N–H and O–H groups in total. The second kappa shape index (κ2) is 11.4. The Bertz CT molecular complexity index is 807. The van der Waals surface area contributed by atoms with Gasteiger partial charge in [0.1, 0.15) is 18.3 Å². The molecular weight excluding hydrogens is 448 g/mol. The second-order valence-electron chi connectivity index (χ2n) is 11.4. The highest BCUT2D eigenvalue weighted by Gasteiger charge is 2.50. The third kappa shape index (κ3) is 6.02. The zero-order valence-corrected chi connectivity index (χ0v) is 21.9. The highest BCUT2D eigenvalue weighted by Crippen LogP contribution is 2.46. The monoisotopic (exact) mass is 492 g/mol. The molecule has 2 aliphatic heterocycles. The van der Waals surface area contributed by atoms with Gasteiger partial charge in [-0.2, -0.15) is 0 Å². The minimum absolute atomic E-state index is 0.0970. The van der Waals surface area contributed by atoms with Crippen molar-refractivity contribution >= 4 is 5.97 Å². The molecule has 0 radical (unpaired) electrons. The van der Waals surface area contributed by atoms with Crippen LogP contribution < -0.4 is 0 Å². The maximum absolute atomic E-state index is 11.4. The fourth-order valence-electron chi connectivity index (χ4n) is 6.56. The summed E-state index contributed by atoms with van der Waals surface area (Å²) in [6.45, 7) is 10.5. The van der Waals surface area contributed by atoms with E-state index in [1.807, 2.05) is 0 Å². The van der Waals surface area contributed by atoms with Crippen molar-refractivity contribution < 1.29 is 34.0 Å². The molecule has 0 aromatic rings. The first-order chi connectivity index (χ1) is 16.7. The first-order valence-electron chi connectivity index (χ1n) is 13.5. The number of carbonyl (C=O) groups is 1. The number of fused-ring (bicyclic) bond motifs is 3. The van der Waals surface area contributed by atoms with Crippen molar-refractivity contribution in [2.75, 3.05) is 6.61 Å². The number of ether oxygens (including phenoxy) is 4. The fraction of sp³-hybridized carbons (Fsp3) is 0.821. The molecule has 7 nitrogen and oxygen atoms in total. The Kier molecular flexibility index (Phi) is 8.75. The number of carbonyl (C=O) groups excluding carboxylic acids is 1. The molecule has 4 aliphatic rings. The molecule has 2 aliphatic carbocycles. The summed E-state index contributed by atoms with van der Waals surface area (Å²) in [5.74, 6) is 2.28. The number of hydrogen-bond acceptors (Lipinski definition) is 7. The Morgan fingerprint density at radius 3 is 2.63 bits per heavy atom. The number of allylic oxidation sites excluding steroid dienone is 4. The lowest BCUT2D eigenvalue weighted by molar-refractivity contribution is -0.306. The van der Waals surface area contributed by atoms with E-state index in [-0.39, 0.29) is 12.5 Å². The van der Waals surface area contributed by atoms with E-state index < -0.39 is 43.0 Å². The Balaban J connectivity index is 1.30. The van der Waals surface area contributed by atoms with Crippen LogP contribution in [0.15, 0.2) is 23.3 Å². The molecular formula is C28H44O7. The number of hydrogen-bond donors (Lipinski definition) is 2. The van der Waals surface area contributed by atoms with Gasteiger partial charge in [-0.25, -0.2) is 0 Å². The largest absolute Gasteiger partial charge is 0.457 e. The SMILES string of the molecule is CC(=O)O[C@H]1[C@H](O)[C@@H](O)[C@@H]2OC([C@H](C)CCC[C@@H](C)[C@@H]3CC=C(C)[C@H]4CCC(C)=C[C@@H]34)OC[C@H]1O2. The molecule has 2 bridgehead atoms. The van der Waals surface area contributed by atoms with Gasteiger partial charge in [-0.1, -0.05) is 50.0 Å². The highest BCUT2D eigenvalue weighted by molar-refractivity contribution is 5.66. The van der Waals surface area contributed by atoms with Crippen LogP contribution in [0.3, 0.4) is 0 Å². The van der Waals surface area contributed by atoms with Crippen molar-refractivity contribution in [3.8, 4) is 0 Å². The van der Waals surface area contributed by atoms with Crippen molar-refractivity contribution in [3.05, 3.63) is 23.3 Å². The molecule has 7 heteroatoms. The van der Waals surface area contributed by atoms with Crippen LogP contribution in [0, 0.1) is 29.6 Å². The summed E-state index contributed by atoms with van der Waals surface area (Å²) in [6.07, 6.45) is 6.08. The van der Waals surface area contributed by atoms with E-state index in [9.17, 15) is 15.0 Å². The Hall–Kier alpha value is -1.25. The van der Waals surface area contributed by atoms with Gasteiger partial charge >= 0.3 is 5.97 Å². The smallest absolute Gasteiger partial charge is 0.303 e. The Morgan fingerprint density at radius 2 is 1.89 bits per heavy atom. The summed E-state index contributed by atoms with van der Waals surface area (Å²) >= 11 is 0. The fourth-order valence-corrected chi connectivity index (χ4v) is 6.56. The first kappa shape index (κ1) is 26.8. The second-order valence-corrected chi connectivity index (χ2v) is 11.4. The van der Waals surface area contributed by atoms with Gasteiger partial charge in [0.05, 0.1) is 6.61 Å². The minimum atomic E-state index is -1.31. The first-order valence-corrected chi connectivity index (χ1v) is 13.5. The summed E-state index contributed by atoms with van der Waals surface area (Å²) in [6, 6.07) is 0. The van der Waals surface area contributed by atoms with Crippen molar-refractivity contribution in [3.63, 3.8) is 0 Å². The number of aliphatic hydroxyl groups excluding tert-OH is 2. The summed E-state index contributed by atoms with van der Waals surface area (Å²) in [5, 5.41) is 20.9. The van der Waals surface area contributed by atoms with Crippen molar-refractivity contribution in [2.45, 2.75) is 110 Å². The molecule has 0 aromatic heterocycles. The van der Waals surface area contributed by atoms with E-state index in [1.165, 1.54) is 26.2 Å². The lowest BCUT2D eigenvalue weighted by Gasteiger charge is -2.42. The number of rotatable bonds is 7. The Labute approximate surface area is 209 Å². The summed E-state index contributed by atoms with van der Waals surface area (Å²) in [7, 11) is 0. The maximum Gasteiger partial charge on any atom is 0.303 e. The molecule has 2 fully saturated rings. The number of esters is 1. The molecule has 2 saturated heterocycles. The summed E-state index contributed by atoms with van der Waals surface area (Å²) < 4.78 is 22.9. The third-order valence-electron chi connectivity index (χ3n) is 8.73. The third-order valence-corrected chi connectivity index (χ3v) is 8.73. The lowest BCUT2D eigenvalue weighted by atomic mass is 9.63. The standard InChI is InChI=1S/C28H44O7/c1-15-9-11-20-17(3)10-12-21(22(20)13-15)16(2)7-6-8-18(4)27-32-14-23-26(33-19(5)29)24(30)25(31)28(34-23)35-27/h10,13,16,18,20-28,30-31H,6-9,11-12,14H2,1-5H3/t16-,18-,20-,21+,22-,23-,24-,25-,26-,27?,28+/m1/s1. The minimum Gasteiger partial charge on any atom is -0.457 e. The van der Waals surface area contributed by atoms with Crippen molar-refractivity contribution in [1.29, 1.82) is 0 Å². The molecule has 0 spiro atoms. The van der Waals surface area contributed by atoms with Gasteiger partial charge < -0.3 is 29.2 Å². The molecule has 1 unspecified atom stereocenters. The zero-order chi connectivity index (χ0) is 25.3. The van der Waals surface area contributed by atoms with Crippen LogP contribution in [0.1, 0.15) is 73.1 Å². The predicted molar refractivity (Wildman–Crippen MR) is 131 cm³/mol. The van der Waals surface area contributed by atoms with Crippen molar-refractivity contribution in [2.24, 2.45) is 29.6 Å². The van der Waals surface area contributed by atoms with E-state index in [0.29, 0.717) is 23.7 Å². The quantitative estimate of drug-likeness (QED) is 0.408. The predicted octanol–water partition coefficient (Wildman–Crippen LogP) is 4.12. The average Bonchev–Trinajstić information content (AvgIpc) is 3.02. The maximum atomic E-state index is 11.4. The molecule has 4 rings (SSSR count). The van der Waals surface area contributed by atoms with Gasteiger partial charge in [0.25, 0.3) is 0 Å². The van der Waals surface area contributed by atoms with E-state index in [2.05, 4.69) is 39.8 Å². The molecule has 0 saturated carbocycles. The van der Waals surface area contributed by atoms with Crippen LogP contribution in [-0.4, -0.2) is 59.8 Å². The van der Waals surface area contributed by atoms with Crippen LogP contribution in [-0.2, 0) is 23.7 Å². The van der Waals surface area contributed by atoms with Gasteiger partial charge in [0, 0.05) is 12.8 Å². The van der Waals surface area contributed by atoms with Crippen LogP contribution in [0.2, 0.25) is 0 Å². The molecule has 0 aromatic carbocycles. The zero-order valence-electron chi connectivity index (χ0n) is 21.9. The molecule has 198 valence electrons. The average molecular weight is 493 g/mol. The van der Waals surface area contributed by atoms with Crippen LogP contribution >= 0.6 is 0 Å². The van der Waals surface area contributed by atoms with E-state index in [1.54, 1.807) is 11.1 Å². The van der Waals surface area contributed by atoms with Crippen molar-refractivity contribution in [1.82, 2.24) is 0 Å². The highest BCUT2D eigenvalue weighted by atomic mass is 16.8. The van der Waals surface area contributed by atoms with Gasteiger partial charge in [-0.05, 0) is 63.2 Å². The molecule has 2 heterocycles. The van der Waals surface area contributed by atoms with Crippen LogP contribution in [0.25, 0.3) is 0 Å². The normalized spacial score (nSPS) is 41.1. The molecule has 11 atom stereocenters.